The number of benzene rings is 2. The molecular weight excluding hydrogens is 562 g/mol. The van der Waals surface area contributed by atoms with E-state index in [2.05, 4.69) is 5.32 Å². The molecule has 192 valence electrons. The molecule has 4 aromatic rings. The summed E-state index contributed by atoms with van der Waals surface area (Å²) in [5.74, 6) is -2.10. The molecule has 3 amide bonds. The maximum Gasteiger partial charge on any atom is 0.308 e. The number of nitrogens with zero attached hydrogens (tertiary/aromatic N) is 2. The Morgan fingerprint density at radius 2 is 1.76 bits per heavy atom. The topological polar surface area (TPSA) is 88.5 Å². The number of rotatable bonds is 5. The first-order valence-corrected chi connectivity index (χ1v) is 14.7. The van der Waals surface area contributed by atoms with E-state index in [9.17, 15) is 19.2 Å². The Morgan fingerprint density at radius 3 is 2.47 bits per heavy atom. The summed E-state index contributed by atoms with van der Waals surface area (Å²) in [5, 5.41) is 5.14. The van der Waals surface area contributed by atoms with Crippen LogP contribution in [0, 0.1) is 12.8 Å². The highest BCUT2D eigenvalue weighted by Gasteiger charge is 2.57. The van der Waals surface area contributed by atoms with Crippen LogP contribution in [0.5, 0.6) is 0 Å². The highest BCUT2D eigenvalue weighted by atomic mass is 35.5. The lowest BCUT2D eigenvalue weighted by molar-refractivity contribution is -0.122. The number of imide groups is 1. The normalized spacial score (nSPS) is 20.4. The molecule has 2 aliphatic heterocycles. The van der Waals surface area contributed by atoms with Crippen molar-refractivity contribution in [3.05, 3.63) is 96.1 Å². The zero-order valence-corrected chi connectivity index (χ0v) is 23.1. The molecule has 0 saturated carbocycles. The van der Waals surface area contributed by atoms with E-state index >= 15 is 0 Å². The third-order valence-corrected chi connectivity index (χ3v) is 10.5. The van der Waals surface area contributed by atoms with Crippen LogP contribution < -0.4 is 15.1 Å². The molecule has 11 heteroatoms. The Morgan fingerprint density at radius 1 is 1.00 bits per heavy atom. The Kier molecular flexibility index (Phi) is 6.51. The molecule has 1 fully saturated rings. The molecule has 0 radical (unpaired) electrons. The third-order valence-electron chi connectivity index (χ3n) is 6.70. The van der Waals surface area contributed by atoms with Crippen LogP contribution in [0.3, 0.4) is 0 Å². The standard InChI is InChI=1S/C27H20ClN3O4S3/c1-14-5-2-3-6-17(14)29-19(32)13-30-26-23(38-27(30)35)20(18-7-4-12-36-18)21-22(37-26)25(34)31(24(21)33)16-10-8-15(28)9-11-16/h2-12,20-22H,13H2,1H3,(H,29,32). The van der Waals surface area contributed by atoms with Crippen molar-refractivity contribution in [2.45, 2.75) is 29.7 Å². The van der Waals surface area contributed by atoms with Gasteiger partial charge in [0, 0.05) is 26.4 Å². The van der Waals surface area contributed by atoms with Crippen molar-refractivity contribution in [2.75, 3.05) is 10.2 Å². The van der Waals surface area contributed by atoms with Crippen molar-refractivity contribution >= 4 is 75.1 Å². The van der Waals surface area contributed by atoms with Crippen molar-refractivity contribution in [3.8, 4) is 0 Å². The van der Waals surface area contributed by atoms with Gasteiger partial charge in [0.2, 0.25) is 17.7 Å². The Bertz CT molecular complexity index is 1630. The number of amides is 3. The maximum atomic E-state index is 13.8. The second kappa shape index (κ2) is 9.85. The van der Waals surface area contributed by atoms with E-state index in [1.165, 1.54) is 32.6 Å². The lowest BCUT2D eigenvalue weighted by Crippen LogP contribution is -2.32. The van der Waals surface area contributed by atoms with E-state index in [1.807, 2.05) is 42.6 Å². The molecule has 0 bridgehead atoms. The minimum atomic E-state index is -0.725. The largest absolute Gasteiger partial charge is 0.324 e. The van der Waals surface area contributed by atoms with Gasteiger partial charge in [-0.15, -0.1) is 11.3 Å². The van der Waals surface area contributed by atoms with Crippen LogP contribution in [0.1, 0.15) is 21.2 Å². The van der Waals surface area contributed by atoms with E-state index < -0.39 is 17.1 Å². The van der Waals surface area contributed by atoms with Gasteiger partial charge in [-0.05, 0) is 54.3 Å². The van der Waals surface area contributed by atoms with Gasteiger partial charge in [0.25, 0.3) is 0 Å². The molecular formula is C27H20ClN3O4S3. The van der Waals surface area contributed by atoms with E-state index in [0.29, 0.717) is 26.3 Å². The number of hydrogen-bond donors (Lipinski definition) is 1. The SMILES string of the molecule is Cc1ccccc1NC(=O)Cn1c2c(sc1=O)C(c1cccs1)C1C(=O)N(c3ccc(Cl)cc3)C(=O)C1S2. The van der Waals surface area contributed by atoms with Gasteiger partial charge in [0.1, 0.15) is 11.8 Å². The summed E-state index contributed by atoms with van der Waals surface area (Å²) in [7, 11) is 0. The summed E-state index contributed by atoms with van der Waals surface area (Å²) in [5.41, 5.74) is 2.05. The van der Waals surface area contributed by atoms with Gasteiger partial charge in [-0.1, -0.05) is 59.0 Å². The number of thioether (sulfide) groups is 1. The molecule has 2 aromatic carbocycles. The number of nitrogens with one attached hydrogen (secondary N) is 1. The van der Waals surface area contributed by atoms with Crippen molar-refractivity contribution in [1.82, 2.24) is 4.57 Å². The highest BCUT2D eigenvalue weighted by Crippen LogP contribution is 2.54. The van der Waals surface area contributed by atoms with E-state index in [1.54, 1.807) is 30.3 Å². The predicted octanol–water partition coefficient (Wildman–Crippen LogP) is 5.37. The zero-order chi connectivity index (χ0) is 26.6. The number of carbonyl (C=O) groups excluding carboxylic acids is 3. The number of thiazole rings is 1. The Hall–Kier alpha value is -3.18. The van der Waals surface area contributed by atoms with Gasteiger partial charge < -0.3 is 5.32 Å². The van der Waals surface area contributed by atoms with Gasteiger partial charge >= 0.3 is 4.87 Å². The summed E-state index contributed by atoms with van der Waals surface area (Å²) < 4.78 is 1.43. The monoisotopic (exact) mass is 581 g/mol. The van der Waals surface area contributed by atoms with Crippen molar-refractivity contribution in [1.29, 1.82) is 0 Å². The van der Waals surface area contributed by atoms with Crippen molar-refractivity contribution in [3.63, 3.8) is 0 Å². The van der Waals surface area contributed by atoms with Crippen molar-refractivity contribution < 1.29 is 14.4 Å². The molecule has 3 unspecified atom stereocenters. The van der Waals surface area contributed by atoms with Gasteiger partial charge in [-0.2, -0.15) is 0 Å². The van der Waals surface area contributed by atoms with E-state index in [0.717, 1.165) is 21.8 Å². The van der Waals surface area contributed by atoms with Crippen LogP contribution >= 0.6 is 46.0 Å². The number of fused-ring (bicyclic) bond motifs is 2. The average Bonchev–Trinajstić information content (AvgIpc) is 3.59. The van der Waals surface area contributed by atoms with Crippen LogP contribution in [-0.2, 0) is 20.9 Å². The van der Waals surface area contributed by atoms with E-state index in [4.69, 9.17) is 11.6 Å². The predicted molar refractivity (Wildman–Crippen MR) is 152 cm³/mol. The lowest BCUT2D eigenvalue weighted by Gasteiger charge is -2.29. The van der Waals surface area contributed by atoms with Crippen LogP contribution in [0.2, 0.25) is 5.02 Å². The Labute approximate surface area is 235 Å². The number of aromatic nitrogens is 1. The summed E-state index contributed by atoms with van der Waals surface area (Å²) in [6, 6.07) is 17.8. The molecule has 4 heterocycles. The number of halogens is 1. The molecule has 7 nitrogen and oxygen atoms in total. The number of hydrogen-bond acceptors (Lipinski definition) is 7. The molecule has 38 heavy (non-hydrogen) atoms. The molecule has 3 atom stereocenters. The van der Waals surface area contributed by atoms with Gasteiger partial charge in [-0.3, -0.25) is 23.7 Å². The third kappa shape index (κ3) is 4.21. The Balaban J connectivity index is 1.39. The average molecular weight is 582 g/mol. The maximum absolute atomic E-state index is 13.8. The fraction of sp³-hybridized carbons (Fsp3) is 0.185. The molecule has 0 aliphatic carbocycles. The molecule has 2 aromatic heterocycles. The van der Waals surface area contributed by atoms with Crippen molar-refractivity contribution in [2.24, 2.45) is 5.92 Å². The minimum absolute atomic E-state index is 0.191. The quantitative estimate of drug-likeness (QED) is 0.320. The molecule has 1 N–H and O–H groups in total. The van der Waals surface area contributed by atoms with Crippen LogP contribution in [0.15, 0.2) is 75.9 Å². The lowest BCUT2D eigenvalue weighted by atomic mass is 9.87. The fourth-order valence-corrected chi connectivity index (χ4v) is 8.77. The highest BCUT2D eigenvalue weighted by molar-refractivity contribution is 8.00. The zero-order valence-electron chi connectivity index (χ0n) is 19.9. The first-order chi connectivity index (χ1) is 18.3. The van der Waals surface area contributed by atoms with Crippen LogP contribution in [0.25, 0.3) is 0 Å². The van der Waals surface area contributed by atoms with Crippen LogP contribution in [-0.4, -0.2) is 27.5 Å². The first-order valence-electron chi connectivity index (χ1n) is 11.8. The smallest absolute Gasteiger partial charge is 0.308 e. The molecule has 6 rings (SSSR count). The fourth-order valence-electron chi connectivity index (χ4n) is 4.92. The molecule has 0 spiro atoms. The van der Waals surface area contributed by atoms with Gasteiger partial charge in [0.05, 0.1) is 16.6 Å². The minimum Gasteiger partial charge on any atom is -0.324 e. The summed E-state index contributed by atoms with van der Waals surface area (Å²) in [4.78, 5) is 56.1. The second-order valence-electron chi connectivity index (χ2n) is 9.03. The molecule has 2 aliphatic rings. The van der Waals surface area contributed by atoms with E-state index in [-0.39, 0.29) is 29.1 Å². The first kappa shape index (κ1) is 25.1. The number of aryl methyl sites for hydroxylation is 1. The summed E-state index contributed by atoms with van der Waals surface area (Å²) >= 11 is 9.75. The molecule has 1 saturated heterocycles. The van der Waals surface area contributed by atoms with Crippen LogP contribution in [0.4, 0.5) is 11.4 Å². The number of thiophene rings is 1. The number of anilines is 2. The van der Waals surface area contributed by atoms with Gasteiger partial charge in [0.15, 0.2) is 0 Å². The summed E-state index contributed by atoms with van der Waals surface area (Å²) in [6.45, 7) is 1.70. The number of para-hydroxylation sites is 1. The summed E-state index contributed by atoms with van der Waals surface area (Å²) in [6.07, 6.45) is 0. The second-order valence-corrected chi connectivity index (χ2v) is 12.6. The van der Waals surface area contributed by atoms with Gasteiger partial charge in [-0.25, -0.2) is 4.90 Å². The number of carbonyl (C=O) groups is 3.